The van der Waals surface area contributed by atoms with Gasteiger partial charge in [0, 0.05) is 13.1 Å². The van der Waals surface area contributed by atoms with Gasteiger partial charge in [-0.1, -0.05) is 38.0 Å². The monoisotopic (exact) mass is 254 g/mol. The second-order valence-corrected chi connectivity index (χ2v) is 5.85. The van der Waals surface area contributed by atoms with Crippen LogP contribution in [0, 0.1) is 5.92 Å². The van der Waals surface area contributed by atoms with Crippen LogP contribution in [0.4, 0.5) is 5.13 Å². The highest BCUT2D eigenvalue weighted by molar-refractivity contribution is 7.15. The van der Waals surface area contributed by atoms with Gasteiger partial charge >= 0.3 is 0 Å². The number of hydrogen-bond acceptors (Lipinski definition) is 4. The molecule has 1 fully saturated rings. The summed E-state index contributed by atoms with van der Waals surface area (Å²) in [6.45, 7) is 6.82. The van der Waals surface area contributed by atoms with Crippen molar-refractivity contribution in [1.29, 1.82) is 0 Å². The first kappa shape index (κ1) is 12.8. The van der Waals surface area contributed by atoms with Crippen molar-refractivity contribution >= 4 is 16.5 Å². The van der Waals surface area contributed by atoms with Crippen LogP contribution in [-0.4, -0.2) is 23.2 Å². The molecule has 0 aromatic carbocycles. The molecular weight excluding hydrogens is 232 g/mol. The number of aromatic nitrogens is 1. The van der Waals surface area contributed by atoms with E-state index in [1.54, 1.807) is 11.3 Å². The summed E-state index contributed by atoms with van der Waals surface area (Å²) in [7, 11) is 0. The summed E-state index contributed by atoms with van der Waals surface area (Å²) >= 11 is 1.67. The van der Waals surface area contributed by atoms with Gasteiger partial charge in [0.15, 0.2) is 5.13 Å². The Bertz CT molecular complexity index is 364. The average Bonchev–Trinajstić information content (AvgIpc) is 2.94. The third-order valence-electron chi connectivity index (χ3n) is 3.53. The Balaban J connectivity index is 2.11. The molecular formula is C13H22N2OS. The van der Waals surface area contributed by atoms with E-state index in [2.05, 4.69) is 18.7 Å². The Hall–Kier alpha value is -0.610. The van der Waals surface area contributed by atoms with Crippen LogP contribution in [0.25, 0.3) is 0 Å². The molecule has 1 aromatic rings. The maximum Gasteiger partial charge on any atom is 0.185 e. The number of rotatable bonds is 5. The Labute approximate surface area is 107 Å². The second kappa shape index (κ2) is 5.83. The van der Waals surface area contributed by atoms with E-state index in [4.69, 9.17) is 4.98 Å². The Morgan fingerprint density at radius 1 is 1.47 bits per heavy atom. The number of aliphatic hydroxyl groups excluding tert-OH is 1. The Kier molecular flexibility index (Phi) is 4.40. The van der Waals surface area contributed by atoms with Crippen LogP contribution in [0.3, 0.4) is 0 Å². The summed E-state index contributed by atoms with van der Waals surface area (Å²) in [6, 6.07) is 0. The SMILES string of the molecule is CCCc1nc(N2CCC(CC)C2)sc1CO. The lowest BCUT2D eigenvalue weighted by Crippen LogP contribution is -2.19. The molecule has 1 aromatic heterocycles. The minimum Gasteiger partial charge on any atom is -0.391 e. The van der Waals surface area contributed by atoms with E-state index in [1.807, 2.05) is 0 Å². The van der Waals surface area contributed by atoms with Gasteiger partial charge in [0.05, 0.1) is 17.2 Å². The number of hydrogen-bond donors (Lipinski definition) is 1. The van der Waals surface area contributed by atoms with Crippen LogP contribution in [-0.2, 0) is 13.0 Å². The van der Waals surface area contributed by atoms with E-state index in [0.29, 0.717) is 0 Å². The second-order valence-electron chi connectivity index (χ2n) is 4.78. The summed E-state index contributed by atoms with van der Waals surface area (Å²) in [5.41, 5.74) is 1.11. The first-order valence-electron chi connectivity index (χ1n) is 6.62. The fourth-order valence-electron chi connectivity index (χ4n) is 2.40. The third-order valence-corrected chi connectivity index (χ3v) is 4.67. The molecule has 1 aliphatic rings. The highest BCUT2D eigenvalue weighted by Gasteiger charge is 2.24. The van der Waals surface area contributed by atoms with Crippen molar-refractivity contribution in [3.8, 4) is 0 Å². The summed E-state index contributed by atoms with van der Waals surface area (Å²) in [5.74, 6) is 0.825. The van der Waals surface area contributed by atoms with E-state index >= 15 is 0 Å². The van der Waals surface area contributed by atoms with Crippen molar-refractivity contribution in [2.45, 2.75) is 46.1 Å². The number of anilines is 1. The topological polar surface area (TPSA) is 36.4 Å². The van der Waals surface area contributed by atoms with Gasteiger partial charge in [0.1, 0.15) is 0 Å². The van der Waals surface area contributed by atoms with Gasteiger partial charge in [-0.25, -0.2) is 4.98 Å². The molecule has 1 unspecified atom stereocenters. The van der Waals surface area contributed by atoms with Crippen LogP contribution in [0.2, 0.25) is 0 Å². The van der Waals surface area contributed by atoms with Crippen molar-refractivity contribution in [2.75, 3.05) is 18.0 Å². The maximum absolute atomic E-state index is 9.35. The zero-order valence-electron chi connectivity index (χ0n) is 10.8. The fourth-order valence-corrected chi connectivity index (χ4v) is 3.40. The van der Waals surface area contributed by atoms with Gasteiger partial charge < -0.3 is 10.0 Å². The zero-order chi connectivity index (χ0) is 12.3. The molecule has 0 radical (unpaired) electrons. The van der Waals surface area contributed by atoms with Gasteiger partial charge in [-0.3, -0.25) is 0 Å². The van der Waals surface area contributed by atoms with E-state index < -0.39 is 0 Å². The molecule has 0 spiro atoms. The van der Waals surface area contributed by atoms with Gasteiger partial charge in [-0.2, -0.15) is 0 Å². The van der Waals surface area contributed by atoms with Crippen LogP contribution >= 0.6 is 11.3 Å². The number of thiazole rings is 1. The largest absolute Gasteiger partial charge is 0.391 e. The lowest BCUT2D eigenvalue weighted by Gasteiger charge is -2.14. The predicted octanol–water partition coefficient (Wildman–Crippen LogP) is 2.82. The molecule has 1 N–H and O–H groups in total. The molecule has 4 heteroatoms. The minimum atomic E-state index is 0.137. The standard InChI is InChI=1S/C13H22N2OS/c1-3-5-11-12(9-16)17-13(14-11)15-7-6-10(4-2)8-15/h10,16H,3-9H2,1-2H3. The maximum atomic E-state index is 9.35. The molecule has 1 aliphatic heterocycles. The summed E-state index contributed by atoms with van der Waals surface area (Å²) in [6.07, 6.45) is 4.62. The lowest BCUT2D eigenvalue weighted by molar-refractivity contribution is 0.284. The molecule has 0 aliphatic carbocycles. The van der Waals surface area contributed by atoms with Crippen molar-refractivity contribution in [1.82, 2.24) is 4.98 Å². The first-order chi connectivity index (χ1) is 8.28. The highest BCUT2D eigenvalue weighted by atomic mass is 32.1. The number of nitrogens with zero attached hydrogens (tertiary/aromatic N) is 2. The summed E-state index contributed by atoms with van der Waals surface area (Å²) in [4.78, 5) is 8.15. The predicted molar refractivity (Wildman–Crippen MR) is 72.6 cm³/mol. The zero-order valence-corrected chi connectivity index (χ0v) is 11.6. The molecule has 1 atom stereocenters. The van der Waals surface area contributed by atoms with Crippen LogP contribution in [0.15, 0.2) is 0 Å². The van der Waals surface area contributed by atoms with Gasteiger partial charge in [-0.15, -0.1) is 0 Å². The quantitative estimate of drug-likeness (QED) is 0.878. The van der Waals surface area contributed by atoms with E-state index in [1.165, 1.54) is 12.8 Å². The van der Waals surface area contributed by atoms with E-state index in [-0.39, 0.29) is 6.61 Å². The summed E-state index contributed by atoms with van der Waals surface area (Å²) in [5, 5.41) is 10.5. The fraction of sp³-hybridized carbons (Fsp3) is 0.769. The normalized spacial score (nSPS) is 20.2. The molecule has 0 amide bonds. The smallest absolute Gasteiger partial charge is 0.185 e. The Morgan fingerprint density at radius 2 is 2.29 bits per heavy atom. The van der Waals surface area contributed by atoms with Crippen molar-refractivity contribution < 1.29 is 5.11 Å². The van der Waals surface area contributed by atoms with Gasteiger partial charge in [0.2, 0.25) is 0 Å². The molecule has 96 valence electrons. The molecule has 2 heterocycles. The minimum absolute atomic E-state index is 0.137. The average molecular weight is 254 g/mol. The molecule has 3 nitrogen and oxygen atoms in total. The van der Waals surface area contributed by atoms with E-state index in [0.717, 1.165) is 47.6 Å². The lowest BCUT2D eigenvalue weighted by atomic mass is 10.1. The first-order valence-corrected chi connectivity index (χ1v) is 7.44. The number of aliphatic hydroxyl groups is 1. The van der Waals surface area contributed by atoms with Crippen molar-refractivity contribution in [2.24, 2.45) is 5.92 Å². The molecule has 1 saturated heterocycles. The third kappa shape index (κ3) is 2.80. The Morgan fingerprint density at radius 3 is 2.88 bits per heavy atom. The summed E-state index contributed by atoms with van der Waals surface area (Å²) < 4.78 is 0. The van der Waals surface area contributed by atoms with E-state index in [9.17, 15) is 5.11 Å². The highest BCUT2D eigenvalue weighted by Crippen LogP contribution is 2.31. The molecule has 2 rings (SSSR count). The van der Waals surface area contributed by atoms with Gasteiger partial charge in [0.25, 0.3) is 0 Å². The number of aryl methyl sites for hydroxylation is 1. The molecule has 0 bridgehead atoms. The van der Waals surface area contributed by atoms with Crippen molar-refractivity contribution in [3.05, 3.63) is 10.6 Å². The van der Waals surface area contributed by atoms with Crippen LogP contribution in [0.1, 0.15) is 43.7 Å². The molecule has 0 saturated carbocycles. The van der Waals surface area contributed by atoms with Crippen LogP contribution in [0.5, 0.6) is 0 Å². The molecule has 17 heavy (non-hydrogen) atoms. The van der Waals surface area contributed by atoms with Crippen molar-refractivity contribution in [3.63, 3.8) is 0 Å². The van der Waals surface area contributed by atoms with Gasteiger partial charge in [-0.05, 0) is 18.8 Å². The van der Waals surface area contributed by atoms with Crippen LogP contribution < -0.4 is 4.90 Å².